The van der Waals surface area contributed by atoms with Crippen molar-refractivity contribution in [2.24, 2.45) is 5.73 Å². The molecule has 6 heteroatoms. The molecule has 1 aliphatic heterocycles. The SMILES string of the molecule is CC1CN(c2ccc(CCN)c(C(F)(F)F)c2)CCO1. The van der Waals surface area contributed by atoms with Crippen LogP contribution in [-0.4, -0.2) is 32.3 Å². The molecular weight excluding hydrogens is 269 g/mol. The quantitative estimate of drug-likeness (QED) is 0.928. The smallest absolute Gasteiger partial charge is 0.375 e. The number of ether oxygens (including phenoxy) is 1. The summed E-state index contributed by atoms with van der Waals surface area (Å²) in [5, 5.41) is 0. The van der Waals surface area contributed by atoms with Gasteiger partial charge in [0.15, 0.2) is 0 Å². The van der Waals surface area contributed by atoms with Gasteiger partial charge in [0.05, 0.1) is 18.3 Å². The van der Waals surface area contributed by atoms with Gasteiger partial charge in [0.25, 0.3) is 0 Å². The van der Waals surface area contributed by atoms with Crippen LogP contribution in [0, 0.1) is 0 Å². The lowest BCUT2D eigenvalue weighted by molar-refractivity contribution is -0.138. The molecule has 112 valence electrons. The topological polar surface area (TPSA) is 38.5 Å². The van der Waals surface area contributed by atoms with Crippen molar-refractivity contribution >= 4 is 5.69 Å². The van der Waals surface area contributed by atoms with E-state index in [1.807, 2.05) is 11.8 Å². The lowest BCUT2D eigenvalue weighted by atomic mass is 10.0. The number of nitrogens with two attached hydrogens (primary N) is 1. The third-order valence-electron chi connectivity index (χ3n) is 3.42. The molecule has 0 amide bonds. The fraction of sp³-hybridized carbons (Fsp3) is 0.571. The molecule has 1 heterocycles. The molecule has 2 rings (SSSR count). The van der Waals surface area contributed by atoms with Gasteiger partial charge in [-0.3, -0.25) is 0 Å². The van der Waals surface area contributed by atoms with E-state index in [1.54, 1.807) is 6.07 Å². The molecule has 2 N–H and O–H groups in total. The second-order valence-electron chi connectivity index (χ2n) is 5.01. The van der Waals surface area contributed by atoms with Crippen LogP contribution in [0.1, 0.15) is 18.1 Å². The number of benzene rings is 1. The number of morpholine rings is 1. The fourth-order valence-corrected chi connectivity index (χ4v) is 2.45. The summed E-state index contributed by atoms with van der Waals surface area (Å²) in [6.45, 7) is 3.87. The van der Waals surface area contributed by atoms with Crippen LogP contribution in [0.5, 0.6) is 0 Å². The Morgan fingerprint density at radius 3 is 2.75 bits per heavy atom. The average molecular weight is 288 g/mol. The van der Waals surface area contributed by atoms with Crippen LogP contribution in [0.4, 0.5) is 18.9 Å². The third kappa shape index (κ3) is 3.43. The van der Waals surface area contributed by atoms with Gasteiger partial charge in [0.1, 0.15) is 0 Å². The molecule has 0 aromatic heterocycles. The first-order valence-corrected chi connectivity index (χ1v) is 6.68. The van der Waals surface area contributed by atoms with Crippen molar-refractivity contribution in [3.05, 3.63) is 29.3 Å². The highest BCUT2D eigenvalue weighted by Crippen LogP contribution is 2.35. The van der Waals surface area contributed by atoms with Crippen LogP contribution in [0.25, 0.3) is 0 Å². The third-order valence-corrected chi connectivity index (χ3v) is 3.42. The van der Waals surface area contributed by atoms with E-state index < -0.39 is 11.7 Å². The molecule has 0 saturated carbocycles. The normalized spacial score (nSPS) is 20.2. The zero-order valence-corrected chi connectivity index (χ0v) is 11.4. The second kappa shape index (κ2) is 6.01. The minimum absolute atomic E-state index is 0.0294. The molecule has 0 radical (unpaired) electrons. The van der Waals surface area contributed by atoms with Gasteiger partial charge in [0.2, 0.25) is 0 Å². The molecule has 1 aliphatic rings. The summed E-state index contributed by atoms with van der Waals surface area (Å²) in [6, 6.07) is 4.49. The van der Waals surface area contributed by atoms with E-state index in [2.05, 4.69) is 0 Å². The van der Waals surface area contributed by atoms with E-state index in [0.29, 0.717) is 25.4 Å². The van der Waals surface area contributed by atoms with Gasteiger partial charge in [-0.1, -0.05) is 6.07 Å². The number of hydrogen-bond acceptors (Lipinski definition) is 3. The number of alkyl halides is 3. The van der Waals surface area contributed by atoms with Gasteiger partial charge in [-0.05, 0) is 37.6 Å². The molecule has 1 fully saturated rings. The van der Waals surface area contributed by atoms with Crippen LogP contribution in [0.3, 0.4) is 0 Å². The Morgan fingerprint density at radius 2 is 2.15 bits per heavy atom. The lowest BCUT2D eigenvalue weighted by Crippen LogP contribution is -2.41. The van der Waals surface area contributed by atoms with Gasteiger partial charge < -0.3 is 15.4 Å². The summed E-state index contributed by atoms with van der Waals surface area (Å²) >= 11 is 0. The summed E-state index contributed by atoms with van der Waals surface area (Å²) < 4.78 is 44.7. The van der Waals surface area contributed by atoms with Crippen molar-refractivity contribution in [3.8, 4) is 0 Å². The van der Waals surface area contributed by atoms with E-state index in [0.717, 1.165) is 0 Å². The molecule has 20 heavy (non-hydrogen) atoms. The van der Waals surface area contributed by atoms with Gasteiger partial charge in [-0.25, -0.2) is 0 Å². The zero-order valence-electron chi connectivity index (χ0n) is 11.4. The standard InChI is InChI=1S/C14H19F3N2O/c1-10-9-19(6-7-20-10)12-3-2-11(4-5-18)13(8-12)14(15,16)17/h2-3,8,10H,4-7,9,18H2,1H3. The second-order valence-corrected chi connectivity index (χ2v) is 5.01. The summed E-state index contributed by atoms with van der Waals surface area (Å²) in [5.74, 6) is 0. The molecule has 1 atom stereocenters. The minimum Gasteiger partial charge on any atom is -0.375 e. The van der Waals surface area contributed by atoms with Crippen molar-refractivity contribution in [1.29, 1.82) is 0 Å². The van der Waals surface area contributed by atoms with E-state index in [1.165, 1.54) is 12.1 Å². The Balaban J connectivity index is 2.31. The van der Waals surface area contributed by atoms with E-state index >= 15 is 0 Å². The first-order valence-electron chi connectivity index (χ1n) is 6.68. The number of nitrogens with zero attached hydrogens (tertiary/aromatic N) is 1. The Bertz CT molecular complexity index is 462. The summed E-state index contributed by atoms with van der Waals surface area (Å²) in [6.07, 6.45) is -4.09. The van der Waals surface area contributed by atoms with E-state index in [9.17, 15) is 13.2 Å². The van der Waals surface area contributed by atoms with Crippen molar-refractivity contribution < 1.29 is 17.9 Å². The van der Waals surface area contributed by atoms with Gasteiger partial charge in [-0.2, -0.15) is 13.2 Å². The van der Waals surface area contributed by atoms with Crippen LogP contribution >= 0.6 is 0 Å². The molecule has 1 saturated heterocycles. The zero-order chi connectivity index (χ0) is 14.8. The maximum absolute atomic E-state index is 13.1. The summed E-state index contributed by atoms with van der Waals surface area (Å²) in [4.78, 5) is 1.93. The first kappa shape index (κ1) is 15.1. The predicted molar refractivity (Wildman–Crippen MR) is 71.8 cm³/mol. The Kier molecular flexibility index (Phi) is 4.55. The molecule has 1 unspecified atom stereocenters. The van der Waals surface area contributed by atoms with Gasteiger partial charge >= 0.3 is 6.18 Å². The minimum atomic E-state index is -4.35. The van der Waals surface area contributed by atoms with E-state index in [4.69, 9.17) is 10.5 Å². The predicted octanol–water partition coefficient (Wildman–Crippen LogP) is 2.43. The molecule has 0 bridgehead atoms. The molecule has 3 nitrogen and oxygen atoms in total. The lowest BCUT2D eigenvalue weighted by Gasteiger charge is -2.33. The van der Waals surface area contributed by atoms with Crippen molar-refractivity contribution in [2.45, 2.75) is 25.6 Å². The number of halogens is 3. The fourth-order valence-electron chi connectivity index (χ4n) is 2.45. The van der Waals surface area contributed by atoms with Crippen molar-refractivity contribution in [2.75, 3.05) is 31.1 Å². The van der Waals surface area contributed by atoms with Crippen LogP contribution in [0.15, 0.2) is 18.2 Å². The molecular formula is C14H19F3N2O. The van der Waals surface area contributed by atoms with Gasteiger partial charge in [-0.15, -0.1) is 0 Å². The Morgan fingerprint density at radius 1 is 1.40 bits per heavy atom. The largest absolute Gasteiger partial charge is 0.416 e. The molecule has 0 spiro atoms. The highest BCUT2D eigenvalue weighted by molar-refractivity contribution is 5.52. The first-order chi connectivity index (χ1) is 9.41. The molecule has 0 aliphatic carbocycles. The van der Waals surface area contributed by atoms with Crippen LogP contribution in [0.2, 0.25) is 0 Å². The van der Waals surface area contributed by atoms with Crippen molar-refractivity contribution in [1.82, 2.24) is 0 Å². The average Bonchev–Trinajstić information content (AvgIpc) is 2.38. The van der Waals surface area contributed by atoms with Crippen LogP contribution < -0.4 is 10.6 Å². The molecule has 1 aromatic rings. The number of rotatable bonds is 3. The van der Waals surface area contributed by atoms with E-state index in [-0.39, 0.29) is 24.6 Å². The highest BCUT2D eigenvalue weighted by atomic mass is 19.4. The van der Waals surface area contributed by atoms with Gasteiger partial charge in [0, 0.05) is 18.8 Å². The Hall–Kier alpha value is -1.27. The highest BCUT2D eigenvalue weighted by Gasteiger charge is 2.34. The number of hydrogen-bond donors (Lipinski definition) is 1. The van der Waals surface area contributed by atoms with Crippen molar-refractivity contribution in [3.63, 3.8) is 0 Å². The summed E-state index contributed by atoms with van der Waals surface area (Å²) in [7, 11) is 0. The molecule has 1 aromatic carbocycles. The maximum Gasteiger partial charge on any atom is 0.416 e. The monoisotopic (exact) mass is 288 g/mol. The summed E-state index contributed by atoms with van der Waals surface area (Å²) in [5.41, 5.74) is 5.64. The van der Waals surface area contributed by atoms with Crippen LogP contribution in [-0.2, 0) is 17.3 Å². The number of anilines is 1. The Labute approximate surface area is 116 Å². The maximum atomic E-state index is 13.1.